The van der Waals surface area contributed by atoms with E-state index in [4.69, 9.17) is 0 Å². The number of carbonyl (C=O) groups excluding carboxylic acids is 1. The average Bonchev–Trinajstić information content (AvgIpc) is 2.58. The third-order valence-electron chi connectivity index (χ3n) is 3.15. The second-order valence-corrected chi connectivity index (χ2v) is 5.85. The first-order valence-electron chi connectivity index (χ1n) is 7.10. The molecule has 0 aliphatic rings. The normalized spacial score (nSPS) is 10.7. The SMILES string of the molecule is Cc1ncc2c(SCC(=O)NCc3ccccc3)ncnc2n1. The summed E-state index contributed by atoms with van der Waals surface area (Å²) in [5, 5.41) is 4.37. The van der Waals surface area contributed by atoms with Gasteiger partial charge in [-0.15, -0.1) is 0 Å². The predicted octanol–water partition coefficient (Wildman–Crippen LogP) is 2.14. The summed E-state index contributed by atoms with van der Waals surface area (Å²) in [5.41, 5.74) is 1.67. The van der Waals surface area contributed by atoms with Crippen LogP contribution in [0.5, 0.6) is 0 Å². The summed E-state index contributed by atoms with van der Waals surface area (Å²) in [4.78, 5) is 28.8. The monoisotopic (exact) mass is 325 g/mol. The maximum Gasteiger partial charge on any atom is 0.230 e. The molecule has 0 aliphatic carbocycles. The number of hydrogen-bond acceptors (Lipinski definition) is 6. The maximum atomic E-state index is 12.0. The number of carbonyl (C=O) groups is 1. The molecule has 1 N–H and O–H groups in total. The zero-order valence-electron chi connectivity index (χ0n) is 12.6. The van der Waals surface area contributed by atoms with Gasteiger partial charge in [-0.1, -0.05) is 42.1 Å². The number of benzene rings is 1. The molecule has 0 fully saturated rings. The molecule has 0 unspecified atom stereocenters. The highest BCUT2D eigenvalue weighted by Crippen LogP contribution is 2.22. The number of thioether (sulfide) groups is 1. The van der Waals surface area contributed by atoms with E-state index in [0.29, 0.717) is 23.0 Å². The van der Waals surface area contributed by atoms with Crippen molar-refractivity contribution in [1.29, 1.82) is 0 Å². The Hall–Kier alpha value is -2.54. The molecule has 0 saturated heterocycles. The molecule has 0 bridgehead atoms. The molecule has 0 radical (unpaired) electrons. The maximum absolute atomic E-state index is 12.0. The van der Waals surface area contributed by atoms with Crippen molar-refractivity contribution in [2.75, 3.05) is 5.75 Å². The number of nitrogens with zero attached hydrogens (tertiary/aromatic N) is 4. The van der Waals surface area contributed by atoms with Crippen molar-refractivity contribution in [1.82, 2.24) is 25.3 Å². The number of hydrogen-bond donors (Lipinski definition) is 1. The fourth-order valence-electron chi connectivity index (χ4n) is 2.01. The molecule has 6 nitrogen and oxygen atoms in total. The van der Waals surface area contributed by atoms with Gasteiger partial charge in [0.1, 0.15) is 17.2 Å². The number of fused-ring (bicyclic) bond motifs is 1. The van der Waals surface area contributed by atoms with Crippen LogP contribution in [0.25, 0.3) is 11.0 Å². The molecule has 116 valence electrons. The van der Waals surface area contributed by atoms with E-state index >= 15 is 0 Å². The second-order valence-electron chi connectivity index (χ2n) is 4.88. The van der Waals surface area contributed by atoms with Gasteiger partial charge in [0.25, 0.3) is 0 Å². The van der Waals surface area contributed by atoms with Crippen LogP contribution in [-0.2, 0) is 11.3 Å². The topological polar surface area (TPSA) is 80.7 Å². The fraction of sp³-hybridized carbons (Fsp3) is 0.188. The highest BCUT2D eigenvalue weighted by Gasteiger charge is 2.09. The summed E-state index contributed by atoms with van der Waals surface area (Å²) in [7, 11) is 0. The molecule has 3 rings (SSSR count). The standard InChI is InChI=1S/C16H15N5OS/c1-11-17-8-13-15(21-11)19-10-20-16(13)23-9-14(22)18-7-12-5-3-2-4-6-12/h2-6,8,10H,7,9H2,1H3,(H,18,22). The van der Waals surface area contributed by atoms with Crippen LogP contribution in [0.3, 0.4) is 0 Å². The Morgan fingerprint density at radius 3 is 2.83 bits per heavy atom. The van der Waals surface area contributed by atoms with Gasteiger partial charge in [-0.2, -0.15) is 0 Å². The van der Waals surface area contributed by atoms with E-state index in [1.54, 1.807) is 6.20 Å². The minimum atomic E-state index is -0.0429. The van der Waals surface area contributed by atoms with Crippen LogP contribution in [0, 0.1) is 6.92 Å². The summed E-state index contributed by atoms with van der Waals surface area (Å²) < 4.78 is 0. The molecule has 0 spiro atoms. The molecule has 0 atom stereocenters. The zero-order chi connectivity index (χ0) is 16.1. The minimum absolute atomic E-state index is 0.0429. The van der Waals surface area contributed by atoms with Crippen LogP contribution in [0.1, 0.15) is 11.4 Å². The van der Waals surface area contributed by atoms with Gasteiger partial charge in [0.05, 0.1) is 11.1 Å². The Morgan fingerprint density at radius 1 is 1.17 bits per heavy atom. The highest BCUT2D eigenvalue weighted by atomic mass is 32.2. The van der Waals surface area contributed by atoms with E-state index in [2.05, 4.69) is 25.3 Å². The van der Waals surface area contributed by atoms with Crippen LogP contribution < -0.4 is 5.32 Å². The van der Waals surface area contributed by atoms with Crippen molar-refractivity contribution >= 4 is 28.7 Å². The van der Waals surface area contributed by atoms with E-state index in [1.165, 1.54) is 18.1 Å². The Kier molecular flexibility index (Phi) is 4.77. The number of amides is 1. The Labute approximate surface area is 137 Å². The number of aromatic nitrogens is 4. The van der Waals surface area contributed by atoms with Crippen molar-refractivity contribution < 1.29 is 4.79 Å². The smallest absolute Gasteiger partial charge is 0.230 e. The lowest BCUT2D eigenvalue weighted by atomic mass is 10.2. The lowest BCUT2D eigenvalue weighted by Crippen LogP contribution is -2.24. The molecular weight excluding hydrogens is 310 g/mol. The van der Waals surface area contributed by atoms with Crippen LogP contribution in [-0.4, -0.2) is 31.6 Å². The molecule has 3 aromatic rings. The molecule has 7 heteroatoms. The quantitative estimate of drug-likeness (QED) is 0.572. The van der Waals surface area contributed by atoms with E-state index in [9.17, 15) is 4.79 Å². The molecule has 1 aromatic carbocycles. The first-order valence-corrected chi connectivity index (χ1v) is 8.09. The molecule has 23 heavy (non-hydrogen) atoms. The summed E-state index contributed by atoms with van der Waals surface area (Å²) >= 11 is 1.36. The van der Waals surface area contributed by atoms with Gasteiger partial charge in [-0.05, 0) is 12.5 Å². The van der Waals surface area contributed by atoms with E-state index in [-0.39, 0.29) is 11.7 Å². The van der Waals surface area contributed by atoms with Gasteiger partial charge in [0.2, 0.25) is 5.91 Å². The van der Waals surface area contributed by atoms with Crippen LogP contribution >= 0.6 is 11.8 Å². The van der Waals surface area contributed by atoms with Crippen LogP contribution in [0.4, 0.5) is 0 Å². The Balaban J connectivity index is 1.61. The van der Waals surface area contributed by atoms with Crippen molar-refractivity contribution in [2.45, 2.75) is 18.5 Å². The Bertz CT molecular complexity index is 825. The van der Waals surface area contributed by atoms with E-state index in [1.807, 2.05) is 37.3 Å². The largest absolute Gasteiger partial charge is 0.351 e. The van der Waals surface area contributed by atoms with E-state index < -0.39 is 0 Å². The van der Waals surface area contributed by atoms with Gasteiger partial charge in [0, 0.05) is 12.7 Å². The summed E-state index contributed by atoms with van der Waals surface area (Å²) in [6, 6.07) is 9.80. The van der Waals surface area contributed by atoms with Crippen LogP contribution in [0.15, 0.2) is 47.9 Å². The number of aryl methyl sites for hydroxylation is 1. The van der Waals surface area contributed by atoms with Crippen LogP contribution in [0.2, 0.25) is 0 Å². The van der Waals surface area contributed by atoms with Crippen molar-refractivity contribution in [3.63, 3.8) is 0 Å². The third kappa shape index (κ3) is 4.01. The first kappa shape index (κ1) is 15.4. The summed E-state index contributed by atoms with van der Waals surface area (Å²) in [6.45, 7) is 2.33. The predicted molar refractivity (Wildman–Crippen MR) is 88.9 cm³/mol. The molecule has 1 amide bonds. The molecule has 2 heterocycles. The Morgan fingerprint density at radius 2 is 2.00 bits per heavy atom. The van der Waals surface area contributed by atoms with Gasteiger partial charge in [-0.3, -0.25) is 4.79 Å². The average molecular weight is 325 g/mol. The number of nitrogens with one attached hydrogen (secondary N) is 1. The van der Waals surface area contributed by atoms with Gasteiger partial charge >= 0.3 is 0 Å². The van der Waals surface area contributed by atoms with Gasteiger partial charge in [0.15, 0.2) is 5.65 Å². The fourth-order valence-corrected chi connectivity index (χ4v) is 2.80. The summed E-state index contributed by atoms with van der Waals surface area (Å²) in [5.74, 6) is 0.902. The van der Waals surface area contributed by atoms with Crippen molar-refractivity contribution in [3.8, 4) is 0 Å². The van der Waals surface area contributed by atoms with Crippen molar-refractivity contribution in [2.24, 2.45) is 0 Å². The molecule has 0 saturated carbocycles. The van der Waals surface area contributed by atoms with Gasteiger partial charge in [-0.25, -0.2) is 19.9 Å². The molecular formula is C16H15N5OS. The lowest BCUT2D eigenvalue weighted by molar-refractivity contribution is -0.118. The summed E-state index contributed by atoms with van der Waals surface area (Å²) in [6.07, 6.45) is 3.15. The third-order valence-corrected chi connectivity index (χ3v) is 4.15. The van der Waals surface area contributed by atoms with Gasteiger partial charge < -0.3 is 5.32 Å². The molecule has 0 aliphatic heterocycles. The highest BCUT2D eigenvalue weighted by molar-refractivity contribution is 8.00. The second kappa shape index (κ2) is 7.15. The van der Waals surface area contributed by atoms with E-state index in [0.717, 1.165) is 10.9 Å². The minimum Gasteiger partial charge on any atom is -0.351 e. The van der Waals surface area contributed by atoms with Crippen molar-refractivity contribution in [3.05, 3.63) is 54.2 Å². The lowest BCUT2D eigenvalue weighted by Gasteiger charge is -2.06. The number of rotatable bonds is 5. The zero-order valence-corrected chi connectivity index (χ0v) is 13.4. The molecule has 2 aromatic heterocycles. The first-order chi connectivity index (χ1) is 11.2.